The fraction of sp³-hybridized carbons (Fsp3) is 0.312. The number of hydrogen-bond acceptors (Lipinski definition) is 3. The summed E-state index contributed by atoms with van der Waals surface area (Å²) in [6, 6.07) is 10.8. The summed E-state index contributed by atoms with van der Waals surface area (Å²) in [5.41, 5.74) is 2.09. The first-order valence-corrected chi connectivity index (χ1v) is 7.13. The Labute approximate surface area is 122 Å². The summed E-state index contributed by atoms with van der Waals surface area (Å²) in [6.07, 6.45) is 2.00. The van der Waals surface area contributed by atoms with Crippen LogP contribution < -0.4 is 10.5 Å². The van der Waals surface area contributed by atoms with Crippen LogP contribution >= 0.6 is 0 Å². The number of para-hydroxylation sites is 1. The number of aromatic amines is 1. The zero-order valence-corrected chi connectivity index (χ0v) is 11.9. The normalized spacial score (nSPS) is 18.0. The monoisotopic (exact) mass is 283 g/mol. The SMILES string of the molecule is C[C@@H]1CCCN(C(=O)c2ccc(=O)[nH]n2)c2ccccc21. The molecule has 3 rings (SSSR count). The fourth-order valence-electron chi connectivity index (χ4n) is 2.79. The molecule has 5 nitrogen and oxygen atoms in total. The number of nitrogens with zero attached hydrogens (tertiary/aromatic N) is 2. The molecule has 1 aliphatic heterocycles. The molecule has 2 aromatic rings. The van der Waals surface area contributed by atoms with Crippen LogP contribution in [0.25, 0.3) is 0 Å². The van der Waals surface area contributed by atoms with Crippen LogP contribution in [0.1, 0.15) is 41.7 Å². The number of benzene rings is 1. The number of hydrogen-bond donors (Lipinski definition) is 1. The molecule has 1 aromatic heterocycles. The number of aromatic nitrogens is 2. The van der Waals surface area contributed by atoms with Crippen molar-refractivity contribution in [1.29, 1.82) is 0 Å². The molecule has 0 fully saturated rings. The van der Waals surface area contributed by atoms with Crippen LogP contribution in [-0.4, -0.2) is 22.6 Å². The number of carbonyl (C=O) groups excluding carboxylic acids is 1. The van der Waals surface area contributed by atoms with Gasteiger partial charge in [0.15, 0.2) is 0 Å². The minimum absolute atomic E-state index is 0.173. The first-order valence-electron chi connectivity index (χ1n) is 7.13. The van der Waals surface area contributed by atoms with Gasteiger partial charge in [0.2, 0.25) is 0 Å². The molecule has 1 amide bonds. The van der Waals surface area contributed by atoms with Crippen molar-refractivity contribution < 1.29 is 4.79 Å². The van der Waals surface area contributed by atoms with E-state index < -0.39 is 0 Å². The van der Waals surface area contributed by atoms with Gasteiger partial charge < -0.3 is 4.90 Å². The van der Waals surface area contributed by atoms with E-state index in [2.05, 4.69) is 23.2 Å². The third-order valence-corrected chi connectivity index (χ3v) is 3.92. The zero-order chi connectivity index (χ0) is 14.8. The lowest BCUT2D eigenvalue weighted by Gasteiger charge is -2.23. The average Bonchev–Trinajstić information content (AvgIpc) is 2.67. The van der Waals surface area contributed by atoms with Gasteiger partial charge in [0.05, 0.1) is 0 Å². The van der Waals surface area contributed by atoms with Crippen LogP contribution in [0.5, 0.6) is 0 Å². The lowest BCUT2D eigenvalue weighted by Crippen LogP contribution is -2.33. The van der Waals surface area contributed by atoms with Crippen molar-refractivity contribution in [2.75, 3.05) is 11.4 Å². The summed E-state index contributed by atoms with van der Waals surface area (Å²) in [7, 11) is 0. The molecule has 5 heteroatoms. The highest BCUT2D eigenvalue weighted by atomic mass is 16.2. The van der Waals surface area contributed by atoms with E-state index >= 15 is 0 Å². The Kier molecular flexibility index (Phi) is 3.56. The van der Waals surface area contributed by atoms with Gasteiger partial charge in [-0.25, -0.2) is 5.10 Å². The second-order valence-corrected chi connectivity index (χ2v) is 5.37. The molecule has 0 unspecified atom stereocenters. The number of fused-ring (bicyclic) bond motifs is 1. The summed E-state index contributed by atoms with van der Waals surface area (Å²) in [5.74, 6) is 0.260. The summed E-state index contributed by atoms with van der Waals surface area (Å²) in [5, 5.41) is 6.16. The predicted molar refractivity (Wildman–Crippen MR) is 80.6 cm³/mol. The molecular formula is C16H17N3O2. The third kappa shape index (κ3) is 2.59. The Hall–Kier alpha value is -2.43. The molecule has 0 aliphatic carbocycles. The minimum atomic E-state index is -0.309. The van der Waals surface area contributed by atoms with E-state index in [-0.39, 0.29) is 17.2 Å². The van der Waals surface area contributed by atoms with Crippen LogP contribution in [0.2, 0.25) is 0 Å². The Balaban J connectivity index is 2.01. The number of rotatable bonds is 1. The Morgan fingerprint density at radius 2 is 2.10 bits per heavy atom. The molecule has 2 heterocycles. The maximum atomic E-state index is 12.7. The first-order chi connectivity index (χ1) is 10.2. The van der Waals surface area contributed by atoms with E-state index in [9.17, 15) is 9.59 Å². The van der Waals surface area contributed by atoms with Crippen molar-refractivity contribution >= 4 is 11.6 Å². The van der Waals surface area contributed by atoms with Crippen molar-refractivity contribution in [3.05, 3.63) is 58.0 Å². The van der Waals surface area contributed by atoms with Gasteiger partial charge in [-0.3, -0.25) is 9.59 Å². The number of H-pyrrole nitrogens is 1. The number of carbonyl (C=O) groups is 1. The van der Waals surface area contributed by atoms with E-state index in [1.807, 2.05) is 18.2 Å². The molecule has 1 aromatic carbocycles. The van der Waals surface area contributed by atoms with Crippen LogP contribution in [0.4, 0.5) is 5.69 Å². The lowest BCUT2D eigenvalue weighted by atomic mass is 9.96. The predicted octanol–water partition coefficient (Wildman–Crippen LogP) is 2.31. The van der Waals surface area contributed by atoms with Crippen LogP contribution in [0, 0.1) is 0 Å². The standard InChI is InChI=1S/C16H17N3O2/c1-11-5-4-10-19(14-7-3-2-6-12(11)14)16(21)13-8-9-15(20)18-17-13/h2-3,6-9,11H,4-5,10H2,1H3,(H,18,20)/t11-/m1/s1. The largest absolute Gasteiger partial charge is 0.307 e. The highest BCUT2D eigenvalue weighted by molar-refractivity contribution is 6.05. The fourth-order valence-corrected chi connectivity index (χ4v) is 2.79. The van der Waals surface area contributed by atoms with E-state index in [0.29, 0.717) is 12.5 Å². The Bertz CT molecular complexity index is 703. The van der Waals surface area contributed by atoms with Gasteiger partial charge in [0, 0.05) is 18.3 Å². The molecule has 1 atom stereocenters. The molecule has 0 saturated carbocycles. The zero-order valence-electron chi connectivity index (χ0n) is 11.9. The Morgan fingerprint density at radius 1 is 1.29 bits per heavy atom. The minimum Gasteiger partial charge on any atom is -0.307 e. The van der Waals surface area contributed by atoms with Gasteiger partial charge in [-0.1, -0.05) is 25.1 Å². The maximum Gasteiger partial charge on any atom is 0.278 e. The molecule has 1 N–H and O–H groups in total. The van der Waals surface area contributed by atoms with Gasteiger partial charge in [0.1, 0.15) is 5.69 Å². The number of anilines is 1. The molecule has 108 valence electrons. The van der Waals surface area contributed by atoms with E-state index in [1.54, 1.807) is 4.90 Å². The highest BCUT2D eigenvalue weighted by Crippen LogP contribution is 2.34. The summed E-state index contributed by atoms with van der Waals surface area (Å²) >= 11 is 0. The van der Waals surface area contributed by atoms with Gasteiger partial charge in [-0.05, 0) is 36.5 Å². The van der Waals surface area contributed by atoms with Crippen molar-refractivity contribution in [3.8, 4) is 0 Å². The topological polar surface area (TPSA) is 66.1 Å². The average molecular weight is 283 g/mol. The van der Waals surface area contributed by atoms with E-state index in [4.69, 9.17) is 0 Å². The smallest absolute Gasteiger partial charge is 0.278 e. The van der Waals surface area contributed by atoms with Gasteiger partial charge >= 0.3 is 0 Å². The molecule has 21 heavy (non-hydrogen) atoms. The number of nitrogens with one attached hydrogen (secondary N) is 1. The molecule has 0 radical (unpaired) electrons. The number of amides is 1. The third-order valence-electron chi connectivity index (χ3n) is 3.92. The second-order valence-electron chi connectivity index (χ2n) is 5.37. The quantitative estimate of drug-likeness (QED) is 0.873. The second kappa shape index (κ2) is 5.52. The molecule has 0 saturated heterocycles. The van der Waals surface area contributed by atoms with Crippen molar-refractivity contribution in [2.45, 2.75) is 25.7 Å². The van der Waals surface area contributed by atoms with Crippen LogP contribution in [0.3, 0.4) is 0 Å². The highest BCUT2D eigenvalue weighted by Gasteiger charge is 2.25. The van der Waals surface area contributed by atoms with Gasteiger partial charge in [-0.2, -0.15) is 5.10 Å². The van der Waals surface area contributed by atoms with Crippen LogP contribution in [0.15, 0.2) is 41.2 Å². The van der Waals surface area contributed by atoms with E-state index in [0.717, 1.165) is 18.5 Å². The summed E-state index contributed by atoms with van der Waals surface area (Å²) < 4.78 is 0. The summed E-state index contributed by atoms with van der Waals surface area (Å²) in [4.78, 5) is 25.5. The van der Waals surface area contributed by atoms with E-state index in [1.165, 1.54) is 17.7 Å². The maximum absolute atomic E-state index is 12.7. The van der Waals surface area contributed by atoms with Gasteiger partial charge in [0.25, 0.3) is 11.5 Å². The first kappa shape index (κ1) is 13.5. The molecule has 0 bridgehead atoms. The van der Waals surface area contributed by atoms with Crippen LogP contribution in [-0.2, 0) is 0 Å². The van der Waals surface area contributed by atoms with Crippen molar-refractivity contribution in [1.82, 2.24) is 10.2 Å². The Morgan fingerprint density at radius 3 is 2.86 bits per heavy atom. The van der Waals surface area contributed by atoms with Crippen molar-refractivity contribution in [3.63, 3.8) is 0 Å². The van der Waals surface area contributed by atoms with Gasteiger partial charge in [-0.15, -0.1) is 0 Å². The summed E-state index contributed by atoms with van der Waals surface area (Å²) in [6.45, 7) is 2.85. The molecule has 1 aliphatic rings. The molecular weight excluding hydrogens is 266 g/mol. The molecule has 0 spiro atoms. The van der Waals surface area contributed by atoms with Crippen molar-refractivity contribution in [2.24, 2.45) is 0 Å². The lowest BCUT2D eigenvalue weighted by molar-refractivity contribution is 0.0981.